The van der Waals surface area contributed by atoms with Crippen molar-refractivity contribution in [2.45, 2.75) is 31.7 Å². The summed E-state index contributed by atoms with van der Waals surface area (Å²) in [5, 5.41) is 0.744. The molecule has 0 saturated carbocycles. The lowest BCUT2D eigenvalue weighted by Gasteiger charge is -2.29. The molecular weight excluding hydrogens is 377 g/mol. The van der Waals surface area contributed by atoms with Crippen molar-refractivity contribution in [3.8, 4) is 0 Å². The average Bonchev–Trinajstić information content (AvgIpc) is 2.65. The standard InChI is InChI=1S/C14H16Br2FNO/c15-9-11-4-2-1-3-7-18(11)14(19)12-8-10(16)5-6-13(12)17/h5-6,8,11H,1-4,7,9H2. The molecule has 1 amide bonds. The minimum Gasteiger partial charge on any atom is -0.335 e. The Morgan fingerprint density at radius 2 is 2.16 bits per heavy atom. The number of rotatable bonds is 2. The maximum atomic E-state index is 13.8. The van der Waals surface area contributed by atoms with Crippen LogP contribution in [-0.2, 0) is 0 Å². The molecule has 1 aliphatic heterocycles. The smallest absolute Gasteiger partial charge is 0.257 e. The monoisotopic (exact) mass is 391 g/mol. The number of halogens is 3. The summed E-state index contributed by atoms with van der Waals surface area (Å²) in [5.74, 6) is -0.657. The van der Waals surface area contributed by atoms with Crippen molar-refractivity contribution in [1.29, 1.82) is 0 Å². The second-order valence-corrected chi connectivity index (χ2v) is 6.34. The van der Waals surface area contributed by atoms with Crippen molar-refractivity contribution >= 4 is 37.8 Å². The van der Waals surface area contributed by atoms with Crippen LogP contribution in [-0.4, -0.2) is 28.7 Å². The fourth-order valence-corrected chi connectivity index (χ4v) is 3.46. The Bertz CT molecular complexity index is 467. The quantitative estimate of drug-likeness (QED) is 0.684. The van der Waals surface area contributed by atoms with Crippen LogP contribution in [0.15, 0.2) is 22.7 Å². The van der Waals surface area contributed by atoms with Crippen LogP contribution in [0.2, 0.25) is 0 Å². The van der Waals surface area contributed by atoms with Gasteiger partial charge in [-0.1, -0.05) is 44.7 Å². The zero-order chi connectivity index (χ0) is 13.8. The Kier molecular flexibility index (Phi) is 5.39. The number of amides is 1. The molecule has 0 aromatic heterocycles. The highest BCUT2D eigenvalue weighted by Gasteiger charge is 2.27. The van der Waals surface area contributed by atoms with Gasteiger partial charge in [0.2, 0.25) is 0 Å². The van der Waals surface area contributed by atoms with Gasteiger partial charge in [0, 0.05) is 22.4 Å². The van der Waals surface area contributed by atoms with E-state index >= 15 is 0 Å². The predicted octanol–water partition coefficient (Wildman–Crippen LogP) is 4.37. The van der Waals surface area contributed by atoms with Gasteiger partial charge in [0.15, 0.2) is 0 Å². The minimum absolute atomic E-state index is 0.155. The summed E-state index contributed by atoms with van der Waals surface area (Å²) >= 11 is 6.75. The Hall–Kier alpha value is -0.420. The van der Waals surface area contributed by atoms with Gasteiger partial charge in [-0.15, -0.1) is 0 Å². The van der Waals surface area contributed by atoms with Crippen molar-refractivity contribution in [2.24, 2.45) is 0 Å². The van der Waals surface area contributed by atoms with Crippen molar-refractivity contribution in [1.82, 2.24) is 4.90 Å². The highest BCUT2D eigenvalue weighted by Crippen LogP contribution is 2.23. The van der Waals surface area contributed by atoms with Crippen LogP contribution < -0.4 is 0 Å². The van der Waals surface area contributed by atoms with Gasteiger partial charge < -0.3 is 4.90 Å². The molecule has 19 heavy (non-hydrogen) atoms. The number of hydrogen-bond acceptors (Lipinski definition) is 1. The van der Waals surface area contributed by atoms with Crippen LogP contribution in [0.1, 0.15) is 36.0 Å². The molecule has 1 aromatic carbocycles. The normalized spacial score (nSPS) is 20.2. The zero-order valence-electron chi connectivity index (χ0n) is 10.5. The maximum Gasteiger partial charge on any atom is 0.257 e. The Morgan fingerprint density at radius 3 is 2.89 bits per heavy atom. The van der Waals surface area contributed by atoms with Gasteiger partial charge in [-0.05, 0) is 31.0 Å². The van der Waals surface area contributed by atoms with Gasteiger partial charge >= 0.3 is 0 Å². The Morgan fingerprint density at radius 1 is 1.37 bits per heavy atom. The third-order valence-corrected chi connectivity index (χ3v) is 4.72. The fourth-order valence-electron chi connectivity index (χ4n) is 2.42. The number of nitrogens with zero attached hydrogens (tertiary/aromatic N) is 1. The van der Waals surface area contributed by atoms with Crippen LogP contribution in [0, 0.1) is 5.82 Å². The summed E-state index contributed by atoms with van der Waals surface area (Å²) < 4.78 is 14.6. The molecule has 104 valence electrons. The number of carbonyl (C=O) groups is 1. The highest BCUT2D eigenvalue weighted by molar-refractivity contribution is 9.10. The minimum atomic E-state index is -0.453. The van der Waals surface area contributed by atoms with Crippen LogP contribution in [0.4, 0.5) is 4.39 Å². The molecule has 1 atom stereocenters. The van der Waals surface area contributed by atoms with E-state index in [1.54, 1.807) is 12.1 Å². The number of likely N-dealkylation sites (tertiary alicyclic amines) is 1. The fraction of sp³-hybridized carbons (Fsp3) is 0.500. The maximum absolute atomic E-state index is 13.8. The molecule has 1 heterocycles. The first kappa shape index (κ1) is 15.0. The number of alkyl halides is 1. The van der Waals surface area contributed by atoms with Gasteiger partial charge in [-0.3, -0.25) is 4.79 Å². The summed E-state index contributed by atoms with van der Waals surface area (Å²) in [4.78, 5) is 14.4. The van der Waals surface area contributed by atoms with Gasteiger partial charge in [0.1, 0.15) is 5.82 Å². The van der Waals surface area contributed by atoms with E-state index in [2.05, 4.69) is 31.9 Å². The molecule has 1 unspecified atom stereocenters. The second kappa shape index (κ2) is 6.84. The molecule has 0 N–H and O–H groups in total. The lowest BCUT2D eigenvalue weighted by atomic mass is 10.1. The van der Waals surface area contributed by atoms with Crippen LogP contribution in [0.25, 0.3) is 0 Å². The van der Waals surface area contributed by atoms with E-state index in [1.165, 1.54) is 6.07 Å². The van der Waals surface area contributed by atoms with Crippen molar-refractivity contribution in [3.05, 3.63) is 34.1 Å². The van der Waals surface area contributed by atoms with E-state index in [9.17, 15) is 9.18 Å². The molecule has 2 rings (SSSR count). The van der Waals surface area contributed by atoms with E-state index in [4.69, 9.17) is 0 Å². The van der Waals surface area contributed by atoms with E-state index in [0.717, 1.165) is 35.5 Å². The first-order valence-corrected chi connectivity index (χ1v) is 8.37. The predicted molar refractivity (Wildman–Crippen MR) is 81.2 cm³/mol. The summed E-state index contributed by atoms with van der Waals surface area (Å²) in [7, 11) is 0. The second-order valence-electron chi connectivity index (χ2n) is 4.78. The summed E-state index contributed by atoms with van der Waals surface area (Å²) in [6, 6.07) is 4.66. The van der Waals surface area contributed by atoms with E-state index < -0.39 is 5.82 Å². The molecule has 1 saturated heterocycles. The van der Waals surface area contributed by atoms with Crippen LogP contribution in [0.5, 0.6) is 0 Å². The van der Waals surface area contributed by atoms with Crippen molar-refractivity contribution < 1.29 is 9.18 Å². The number of carbonyl (C=O) groups excluding carboxylic acids is 1. The molecule has 1 aliphatic rings. The SMILES string of the molecule is O=C(c1cc(Br)ccc1F)N1CCCCCC1CBr. The first-order valence-electron chi connectivity index (χ1n) is 6.45. The molecule has 1 aromatic rings. The van der Waals surface area contributed by atoms with Gasteiger partial charge in [-0.2, -0.15) is 0 Å². The van der Waals surface area contributed by atoms with E-state index in [0.29, 0.717) is 6.54 Å². The van der Waals surface area contributed by atoms with Crippen molar-refractivity contribution in [2.75, 3.05) is 11.9 Å². The van der Waals surface area contributed by atoms with Crippen LogP contribution in [0.3, 0.4) is 0 Å². The third kappa shape index (κ3) is 3.57. The highest BCUT2D eigenvalue weighted by atomic mass is 79.9. The van der Waals surface area contributed by atoms with E-state index in [-0.39, 0.29) is 17.5 Å². The zero-order valence-corrected chi connectivity index (χ0v) is 13.7. The molecule has 1 fully saturated rings. The van der Waals surface area contributed by atoms with Gasteiger partial charge in [0.05, 0.1) is 5.56 Å². The summed E-state index contributed by atoms with van der Waals surface area (Å²) in [5.41, 5.74) is 0.155. The van der Waals surface area contributed by atoms with E-state index in [1.807, 2.05) is 4.90 Å². The largest absolute Gasteiger partial charge is 0.335 e. The molecule has 2 nitrogen and oxygen atoms in total. The molecular formula is C14H16Br2FNO. The van der Waals surface area contributed by atoms with Crippen molar-refractivity contribution in [3.63, 3.8) is 0 Å². The molecule has 0 bridgehead atoms. The molecule has 0 spiro atoms. The average molecular weight is 393 g/mol. The molecule has 5 heteroatoms. The first-order chi connectivity index (χ1) is 9.13. The Labute approximate surface area is 129 Å². The molecule has 0 aliphatic carbocycles. The number of benzene rings is 1. The lowest BCUT2D eigenvalue weighted by molar-refractivity contribution is 0.0697. The van der Waals surface area contributed by atoms with Crippen LogP contribution >= 0.6 is 31.9 Å². The van der Waals surface area contributed by atoms with Gasteiger partial charge in [-0.25, -0.2) is 4.39 Å². The topological polar surface area (TPSA) is 20.3 Å². The third-order valence-electron chi connectivity index (χ3n) is 3.47. The van der Waals surface area contributed by atoms with Gasteiger partial charge in [0.25, 0.3) is 5.91 Å². The lowest BCUT2D eigenvalue weighted by Crippen LogP contribution is -2.41. The number of hydrogen-bond donors (Lipinski definition) is 0. The summed E-state index contributed by atoms with van der Waals surface area (Å²) in [6.45, 7) is 0.709. The summed E-state index contributed by atoms with van der Waals surface area (Å²) in [6.07, 6.45) is 4.23. The molecule has 0 radical (unpaired) electrons. The Balaban J connectivity index is 2.27.